The summed E-state index contributed by atoms with van der Waals surface area (Å²) < 4.78 is 0. The number of quaternary nitrogens is 1. The fourth-order valence-electron chi connectivity index (χ4n) is 0. The summed E-state index contributed by atoms with van der Waals surface area (Å²) in [5, 5.41) is 9.22. The third-order valence-corrected chi connectivity index (χ3v) is 0. The lowest BCUT2D eigenvalue weighted by atomic mass is 10.4. The van der Waals surface area contributed by atoms with Crippen molar-refractivity contribution in [2.75, 3.05) is 7.05 Å². The van der Waals surface area contributed by atoms with Crippen molar-refractivity contribution in [3.05, 3.63) is 5.21 Å². The Balaban J connectivity index is 0. The SMILES string of the molecule is C.[B][NH+](C)[O-]. The molecular formula is C2H8BNO. The van der Waals surface area contributed by atoms with Gasteiger partial charge in [0.1, 0.15) is 0 Å². The Morgan fingerprint density at radius 2 is 1.80 bits per heavy atom. The van der Waals surface area contributed by atoms with E-state index in [1.807, 2.05) is 0 Å². The molecule has 2 radical (unpaired) electrons. The van der Waals surface area contributed by atoms with E-state index in [1.165, 1.54) is 7.05 Å². The Labute approximate surface area is 33.8 Å². The summed E-state index contributed by atoms with van der Waals surface area (Å²) in [4.78, 5) is -0.333. The molecule has 0 aromatic rings. The van der Waals surface area contributed by atoms with E-state index < -0.39 is 0 Å². The van der Waals surface area contributed by atoms with Crippen molar-refractivity contribution in [1.82, 2.24) is 0 Å². The summed E-state index contributed by atoms with van der Waals surface area (Å²) in [6.45, 7) is 0. The molecule has 1 unspecified atom stereocenters. The maximum absolute atomic E-state index is 9.22. The smallest absolute Gasteiger partial charge is 0.479 e. The van der Waals surface area contributed by atoms with Gasteiger partial charge in [0.05, 0.1) is 0 Å². The molecule has 0 heterocycles. The topological polar surface area (TPSA) is 27.5 Å². The van der Waals surface area contributed by atoms with Gasteiger partial charge < -0.3 is 10.2 Å². The summed E-state index contributed by atoms with van der Waals surface area (Å²) in [5.41, 5.74) is 0. The van der Waals surface area contributed by atoms with Gasteiger partial charge in [-0.2, -0.15) is 0 Å². The average Bonchev–Trinajstić information content (AvgIpc) is 0.811. The molecule has 0 aliphatic heterocycles. The Bertz CT molecular complexity index is 14.4. The molecule has 1 atom stereocenters. The molecule has 5 heavy (non-hydrogen) atoms. The third kappa shape index (κ3) is 69200. The van der Waals surface area contributed by atoms with E-state index in [4.69, 9.17) is 0 Å². The van der Waals surface area contributed by atoms with Gasteiger partial charge in [-0.1, -0.05) is 7.43 Å². The van der Waals surface area contributed by atoms with Crippen molar-refractivity contribution < 1.29 is 4.97 Å². The summed E-state index contributed by atoms with van der Waals surface area (Å²) in [6.07, 6.45) is 0. The van der Waals surface area contributed by atoms with Crippen LogP contribution in [-0.4, -0.2) is 15.0 Å². The summed E-state index contributed by atoms with van der Waals surface area (Å²) in [6, 6.07) is 0. The highest BCUT2D eigenvalue weighted by Gasteiger charge is 1.57. The van der Waals surface area contributed by atoms with Gasteiger partial charge in [-0.05, 0) is 0 Å². The van der Waals surface area contributed by atoms with Gasteiger partial charge in [0, 0.05) is 7.05 Å². The van der Waals surface area contributed by atoms with Crippen molar-refractivity contribution in [1.29, 1.82) is 0 Å². The highest BCUT2D eigenvalue weighted by Crippen LogP contribution is 0.899. The molecule has 0 amide bonds. The zero-order valence-electron chi connectivity index (χ0n) is 2.49. The zero-order valence-corrected chi connectivity index (χ0v) is 2.49. The summed E-state index contributed by atoms with van der Waals surface area (Å²) in [7, 11) is 5.78. The van der Waals surface area contributed by atoms with Crippen molar-refractivity contribution >= 4 is 7.98 Å². The Morgan fingerprint density at radius 1 is 1.80 bits per heavy atom. The van der Waals surface area contributed by atoms with Crippen molar-refractivity contribution in [3.8, 4) is 0 Å². The summed E-state index contributed by atoms with van der Waals surface area (Å²) in [5.74, 6) is 0. The predicted octanol–water partition coefficient (Wildman–Crippen LogP) is -1.28. The fraction of sp³-hybridized carbons (Fsp3) is 1.00. The molecule has 0 aromatic heterocycles. The standard InChI is InChI=1S/CH4BNO.CH4/c1-3(2)4;/h3H,1H3;1H4. The van der Waals surface area contributed by atoms with Crippen LogP contribution in [0.1, 0.15) is 7.43 Å². The van der Waals surface area contributed by atoms with Crippen molar-refractivity contribution in [3.63, 3.8) is 0 Å². The van der Waals surface area contributed by atoms with Crippen LogP contribution in [0.3, 0.4) is 0 Å². The Morgan fingerprint density at radius 3 is 1.80 bits per heavy atom. The first-order valence-electron chi connectivity index (χ1n) is 0.993. The molecule has 0 saturated carbocycles. The van der Waals surface area contributed by atoms with E-state index in [0.717, 1.165) is 0 Å². The molecule has 0 aliphatic rings. The first-order valence-corrected chi connectivity index (χ1v) is 0.993. The first-order chi connectivity index (χ1) is 1.73. The molecule has 0 spiro atoms. The fourth-order valence-corrected chi connectivity index (χ4v) is 0. The molecule has 3 heteroatoms. The highest BCUT2D eigenvalue weighted by atomic mass is 16.5. The second-order valence-electron chi connectivity index (χ2n) is 0.611. The number of nitrogens with one attached hydrogen (secondary N) is 1. The average molecular weight is 72.9 g/mol. The largest absolute Gasteiger partial charge is 0.659 e. The van der Waals surface area contributed by atoms with Crippen LogP contribution in [0, 0.1) is 5.21 Å². The van der Waals surface area contributed by atoms with Crippen molar-refractivity contribution in [2.24, 2.45) is 0 Å². The summed E-state index contributed by atoms with van der Waals surface area (Å²) >= 11 is 0. The van der Waals surface area contributed by atoms with Crippen LogP contribution in [0.25, 0.3) is 0 Å². The molecule has 2 nitrogen and oxygen atoms in total. The van der Waals surface area contributed by atoms with Gasteiger partial charge in [0.2, 0.25) is 0 Å². The van der Waals surface area contributed by atoms with Gasteiger partial charge in [-0.25, -0.2) is 0 Å². The van der Waals surface area contributed by atoms with E-state index in [9.17, 15) is 5.21 Å². The lowest BCUT2D eigenvalue weighted by Crippen LogP contribution is -3.01. The molecule has 30 valence electrons. The monoisotopic (exact) mass is 73.1 g/mol. The van der Waals surface area contributed by atoms with E-state index in [1.54, 1.807) is 0 Å². The normalized spacial score (nSPS) is 12.4. The van der Waals surface area contributed by atoms with Crippen LogP contribution >= 0.6 is 0 Å². The minimum Gasteiger partial charge on any atom is -0.659 e. The number of hydrogen-bond acceptors (Lipinski definition) is 1. The Hall–Kier alpha value is -0.0151. The second-order valence-corrected chi connectivity index (χ2v) is 0.611. The number of rotatable bonds is 0. The van der Waals surface area contributed by atoms with Crippen LogP contribution in [0.5, 0.6) is 0 Å². The predicted molar refractivity (Wildman–Crippen MR) is 22.7 cm³/mol. The molecule has 0 fully saturated rings. The minimum absolute atomic E-state index is 0. The van der Waals surface area contributed by atoms with Crippen LogP contribution in [0.4, 0.5) is 0 Å². The maximum Gasteiger partial charge on any atom is 0.479 e. The van der Waals surface area contributed by atoms with Crippen molar-refractivity contribution in [2.45, 2.75) is 7.43 Å². The van der Waals surface area contributed by atoms with Crippen LogP contribution < -0.4 is 4.97 Å². The lowest BCUT2D eigenvalue weighted by Gasteiger charge is -2.04. The molecule has 0 rings (SSSR count). The molecule has 0 bridgehead atoms. The highest BCUT2D eigenvalue weighted by molar-refractivity contribution is 5.94. The van der Waals surface area contributed by atoms with Crippen LogP contribution in [-0.2, 0) is 0 Å². The van der Waals surface area contributed by atoms with Gasteiger partial charge in [0.15, 0.2) is 0 Å². The first kappa shape index (κ1) is 8.88. The lowest BCUT2D eigenvalue weighted by molar-refractivity contribution is -0.692. The molecule has 1 N–H and O–H groups in total. The van der Waals surface area contributed by atoms with Crippen LogP contribution in [0.2, 0.25) is 0 Å². The minimum atomic E-state index is -0.333. The molecule has 0 aromatic carbocycles. The molecule has 0 saturated heterocycles. The van der Waals surface area contributed by atoms with Gasteiger partial charge >= 0.3 is 7.98 Å². The van der Waals surface area contributed by atoms with E-state index >= 15 is 0 Å². The van der Waals surface area contributed by atoms with Gasteiger partial charge in [-0.15, -0.1) is 0 Å². The molecule has 0 aliphatic carbocycles. The maximum atomic E-state index is 9.22. The van der Waals surface area contributed by atoms with Gasteiger partial charge in [-0.3, -0.25) is 0 Å². The van der Waals surface area contributed by atoms with Crippen LogP contribution in [0.15, 0.2) is 0 Å². The zero-order chi connectivity index (χ0) is 3.58. The number of hydrogen-bond donors (Lipinski definition) is 1. The van der Waals surface area contributed by atoms with E-state index in [-0.39, 0.29) is 12.4 Å². The van der Waals surface area contributed by atoms with E-state index in [0.29, 0.717) is 0 Å². The van der Waals surface area contributed by atoms with E-state index in [2.05, 4.69) is 7.98 Å². The quantitative estimate of drug-likeness (QED) is 0.280. The number of hydroxylamine groups is 1. The van der Waals surface area contributed by atoms with Gasteiger partial charge in [0.25, 0.3) is 0 Å². The molecular weight excluding hydrogens is 64.8 g/mol. The second kappa shape index (κ2) is 3.98. The Kier molecular flexibility index (Phi) is 7.08. The third-order valence-electron chi connectivity index (χ3n) is 0.